The number of hydrogen-bond donors (Lipinski definition) is 1. The van der Waals surface area contributed by atoms with E-state index in [4.69, 9.17) is 5.73 Å². The van der Waals surface area contributed by atoms with Gasteiger partial charge in [0.1, 0.15) is 5.82 Å². The zero-order valence-electron chi connectivity index (χ0n) is 18.6. The molecule has 2 aliphatic rings. The molecular weight excluding hydrogens is 450 g/mol. The number of nitrogens with zero attached hydrogens (tertiary/aromatic N) is 3. The summed E-state index contributed by atoms with van der Waals surface area (Å²) in [5, 5.41) is 5.15. The lowest BCUT2D eigenvalue weighted by atomic mass is 9.79. The van der Waals surface area contributed by atoms with E-state index in [-0.39, 0.29) is 5.82 Å². The number of carbonyl (C=O) groups excluding carboxylic acids is 2. The maximum atomic E-state index is 15.7. The van der Waals surface area contributed by atoms with Crippen LogP contribution in [0.4, 0.5) is 14.5 Å². The smallest absolute Gasteiger partial charge is 0.262 e. The number of aromatic nitrogens is 2. The summed E-state index contributed by atoms with van der Waals surface area (Å²) in [6.45, 7) is 0. The Balaban J connectivity index is 1.46. The van der Waals surface area contributed by atoms with Gasteiger partial charge >= 0.3 is 0 Å². The molecule has 1 aliphatic carbocycles. The van der Waals surface area contributed by atoms with E-state index in [0.717, 1.165) is 16.5 Å². The van der Waals surface area contributed by atoms with Crippen molar-refractivity contribution in [2.24, 2.45) is 17.1 Å². The lowest BCUT2D eigenvalue weighted by Gasteiger charge is -2.31. The van der Waals surface area contributed by atoms with Crippen LogP contribution < -0.4 is 10.6 Å². The first-order chi connectivity index (χ1) is 16.9. The first kappa shape index (κ1) is 21.5. The SMILES string of the molecule is NC(=O)C1([C@H]2[C@H](F)C(=O)N(c3ccc4c(cnn4-c4ccc(F)cc4)c3)[C@H]2c2ccccc2)CC1. The van der Waals surface area contributed by atoms with E-state index in [1.165, 1.54) is 17.0 Å². The molecule has 2 N–H and O–H groups in total. The van der Waals surface area contributed by atoms with Crippen molar-refractivity contribution in [2.75, 3.05) is 4.90 Å². The van der Waals surface area contributed by atoms with Gasteiger partial charge in [0.2, 0.25) is 5.91 Å². The quantitative estimate of drug-likeness (QED) is 0.465. The summed E-state index contributed by atoms with van der Waals surface area (Å²) in [6.07, 6.45) is 0.756. The average molecular weight is 472 g/mol. The maximum absolute atomic E-state index is 15.7. The Bertz CT molecular complexity index is 1450. The summed E-state index contributed by atoms with van der Waals surface area (Å²) in [4.78, 5) is 27.2. The molecule has 3 atom stereocenters. The van der Waals surface area contributed by atoms with Gasteiger partial charge in [0.05, 0.1) is 28.9 Å². The van der Waals surface area contributed by atoms with Crippen LogP contribution in [-0.4, -0.2) is 27.8 Å². The van der Waals surface area contributed by atoms with Crippen LogP contribution in [0.25, 0.3) is 16.6 Å². The fourth-order valence-corrected chi connectivity index (χ4v) is 5.46. The van der Waals surface area contributed by atoms with Gasteiger partial charge in [0.25, 0.3) is 5.91 Å². The van der Waals surface area contributed by atoms with Gasteiger partial charge in [-0.1, -0.05) is 30.3 Å². The van der Waals surface area contributed by atoms with Crippen LogP contribution in [0.5, 0.6) is 0 Å². The molecule has 1 saturated heterocycles. The maximum Gasteiger partial charge on any atom is 0.262 e. The van der Waals surface area contributed by atoms with Gasteiger partial charge < -0.3 is 10.6 Å². The zero-order valence-corrected chi connectivity index (χ0v) is 18.6. The Kier molecular flexibility index (Phi) is 4.74. The topological polar surface area (TPSA) is 81.2 Å². The normalized spacial score (nSPS) is 23.1. The minimum atomic E-state index is -1.84. The highest BCUT2D eigenvalue weighted by molar-refractivity contribution is 6.03. The Labute approximate surface area is 199 Å². The summed E-state index contributed by atoms with van der Waals surface area (Å²) in [7, 11) is 0. The van der Waals surface area contributed by atoms with Crippen molar-refractivity contribution in [1.82, 2.24) is 9.78 Å². The van der Waals surface area contributed by atoms with Crippen LogP contribution in [-0.2, 0) is 9.59 Å². The Morgan fingerprint density at radius 1 is 1.00 bits per heavy atom. The molecule has 2 amide bonds. The van der Waals surface area contributed by atoms with E-state index in [9.17, 15) is 14.0 Å². The molecule has 6 rings (SSSR count). The van der Waals surface area contributed by atoms with E-state index >= 15 is 4.39 Å². The number of primary amides is 1. The van der Waals surface area contributed by atoms with Crippen LogP contribution in [0, 0.1) is 17.2 Å². The number of amides is 2. The number of carbonyl (C=O) groups is 2. The Hall–Kier alpha value is -4.07. The lowest BCUT2D eigenvalue weighted by molar-refractivity contribution is -0.127. The molecule has 0 spiro atoms. The molecular formula is C27H22F2N4O2. The van der Waals surface area contributed by atoms with E-state index in [0.29, 0.717) is 24.2 Å². The Morgan fingerprint density at radius 3 is 2.34 bits per heavy atom. The third-order valence-corrected chi connectivity index (χ3v) is 7.37. The van der Waals surface area contributed by atoms with Crippen molar-refractivity contribution < 1.29 is 18.4 Å². The van der Waals surface area contributed by atoms with E-state index in [2.05, 4.69) is 5.10 Å². The van der Waals surface area contributed by atoms with Crippen molar-refractivity contribution >= 4 is 28.4 Å². The van der Waals surface area contributed by atoms with Crippen LogP contribution in [0.1, 0.15) is 24.4 Å². The average Bonchev–Trinajstić information content (AvgIpc) is 3.50. The molecule has 35 heavy (non-hydrogen) atoms. The molecule has 0 bridgehead atoms. The first-order valence-corrected chi connectivity index (χ1v) is 11.5. The van der Waals surface area contributed by atoms with Crippen LogP contribution >= 0.6 is 0 Å². The number of benzene rings is 3. The number of rotatable bonds is 5. The predicted molar refractivity (Wildman–Crippen MR) is 127 cm³/mol. The second-order valence-electron chi connectivity index (χ2n) is 9.29. The van der Waals surface area contributed by atoms with Crippen LogP contribution in [0.15, 0.2) is 79.0 Å². The summed E-state index contributed by atoms with van der Waals surface area (Å²) in [5.74, 6) is -2.45. The van der Waals surface area contributed by atoms with Crippen molar-refractivity contribution in [3.05, 3.63) is 90.4 Å². The van der Waals surface area contributed by atoms with Gasteiger partial charge in [-0.3, -0.25) is 9.59 Å². The molecule has 3 aromatic carbocycles. The molecule has 176 valence electrons. The van der Waals surface area contributed by atoms with Crippen LogP contribution in [0.2, 0.25) is 0 Å². The number of fused-ring (bicyclic) bond motifs is 1. The van der Waals surface area contributed by atoms with E-state index in [1.807, 2.05) is 30.3 Å². The van der Waals surface area contributed by atoms with Gasteiger partial charge in [-0.15, -0.1) is 0 Å². The molecule has 0 radical (unpaired) electrons. The molecule has 2 fully saturated rings. The highest BCUT2D eigenvalue weighted by Crippen LogP contribution is 2.61. The van der Waals surface area contributed by atoms with Gasteiger partial charge in [-0.25, -0.2) is 13.5 Å². The largest absolute Gasteiger partial charge is 0.369 e. The number of hydrogen-bond acceptors (Lipinski definition) is 3. The molecule has 1 saturated carbocycles. The number of anilines is 1. The highest BCUT2D eigenvalue weighted by atomic mass is 19.1. The molecule has 6 nitrogen and oxygen atoms in total. The highest BCUT2D eigenvalue weighted by Gasteiger charge is 2.66. The minimum absolute atomic E-state index is 0.341. The summed E-state index contributed by atoms with van der Waals surface area (Å²) in [5.41, 5.74) is 7.40. The third-order valence-electron chi connectivity index (χ3n) is 7.37. The molecule has 2 heterocycles. The first-order valence-electron chi connectivity index (χ1n) is 11.5. The third kappa shape index (κ3) is 3.24. The Morgan fingerprint density at radius 2 is 1.69 bits per heavy atom. The van der Waals surface area contributed by atoms with E-state index in [1.54, 1.807) is 41.2 Å². The minimum Gasteiger partial charge on any atom is -0.369 e. The van der Waals surface area contributed by atoms with Gasteiger partial charge in [-0.05, 0) is 60.9 Å². The van der Waals surface area contributed by atoms with Crippen molar-refractivity contribution in [3.63, 3.8) is 0 Å². The second kappa shape index (κ2) is 7.73. The standard InChI is InChI=1S/C27H22F2N4O2/c28-18-6-8-19(9-7-18)33-21-11-10-20(14-17(21)15-31-33)32-24(16-4-2-1-3-5-16)22(23(29)25(32)34)27(12-13-27)26(30)35/h1-11,14-15,22-24H,12-13H2,(H2,30,35)/t22-,23-,24-/m0/s1. The monoisotopic (exact) mass is 472 g/mol. The van der Waals surface area contributed by atoms with Crippen molar-refractivity contribution in [3.8, 4) is 5.69 Å². The lowest BCUT2D eigenvalue weighted by Crippen LogP contribution is -2.38. The van der Waals surface area contributed by atoms with Crippen molar-refractivity contribution in [1.29, 1.82) is 0 Å². The fourth-order valence-electron chi connectivity index (χ4n) is 5.46. The number of halogens is 2. The molecule has 1 aliphatic heterocycles. The molecule has 0 unspecified atom stereocenters. The molecule has 1 aromatic heterocycles. The van der Waals surface area contributed by atoms with Gasteiger partial charge in [0.15, 0.2) is 6.17 Å². The summed E-state index contributed by atoms with van der Waals surface area (Å²) in [6, 6.07) is 19.9. The summed E-state index contributed by atoms with van der Waals surface area (Å²) >= 11 is 0. The van der Waals surface area contributed by atoms with Crippen LogP contribution in [0.3, 0.4) is 0 Å². The second-order valence-corrected chi connectivity index (χ2v) is 9.29. The molecule has 4 aromatic rings. The van der Waals surface area contributed by atoms with Crippen molar-refractivity contribution in [2.45, 2.75) is 25.1 Å². The predicted octanol–water partition coefficient (Wildman–Crippen LogP) is 4.47. The fraction of sp³-hybridized carbons (Fsp3) is 0.222. The summed E-state index contributed by atoms with van der Waals surface area (Å²) < 4.78 is 30.7. The number of alkyl halides is 1. The van der Waals surface area contributed by atoms with Gasteiger partial charge in [-0.2, -0.15) is 5.10 Å². The van der Waals surface area contributed by atoms with E-state index < -0.39 is 35.4 Å². The zero-order chi connectivity index (χ0) is 24.3. The number of nitrogens with two attached hydrogens (primary N) is 1. The van der Waals surface area contributed by atoms with Gasteiger partial charge in [0, 0.05) is 17.0 Å². The molecule has 8 heteroatoms.